The minimum atomic E-state index is -0.961. The summed E-state index contributed by atoms with van der Waals surface area (Å²) < 4.78 is 5.60. The number of hydrogen-bond donors (Lipinski definition) is 0. The SMILES string of the molecule is O=C(CC(c1ccc(Cl)cc1)(c1ccc(Cl)cc1)c1ccc(Cl)cc1)OCC(=O)c1ccc(-c2ccccc2)cc1. The van der Waals surface area contributed by atoms with Gasteiger partial charge in [-0.25, -0.2) is 0 Å². The van der Waals surface area contributed by atoms with Crippen molar-refractivity contribution >= 4 is 46.6 Å². The van der Waals surface area contributed by atoms with Gasteiger partial charge in [-0.2, -0.15) is 0 Å². The Morgan fingerprint density at radius 1 is 0.537 bits per heavy atom. The fourth-order valence-corrected chi connectivity index (χ4v) is 5.36. The summed E-state index contributed by atoms with van der Waals surface area (Å²) >= 11 is 18.7. The molecular formula is C35H25Cl3O3. The van der Waals surface area contributed by atoms with Crippen LogP contribution in [-0.2, 0) is 14.9 Å². The maximum atomic E-state index is 13.5. The van der Waals surface area contributed by atoms with Crippen LogP contribution in [0.25, 0.3) is 11.1 Å². The van der Waals surface area contributed by atoms with Crippen molar-refractivity contribution < 1.29 is 14.3 Å². The number of Topliss-reactive ketones (excluding diaryl/α,β-unsaturated/α-hetero) is 1. The van der Waals surface area contributed by atoms with Crippen LogP contribution in [-0.4, -0.2) is 18.4 Å². The van der Waals surface area contributed by atoms with Crippen LogP contribution in [0.1, 0.15) is 33.5 Å². The average molecular weight is 600 g/mol. The van der Waals surface area contributed by atoms with E-state index in [1.807, 2.05) is 78.9 Å². The molecule has 204 valence electrons. The highest BCUT2D eigenvalue weighted by Crippen LogP contribution is 2.43. The van der Waals surface area contributed by atoms with E-state index in [4.69, 9.17) is 39.5 Å². The van der Waals surface area contributed by atoms with E-state index in [0.717, 1.165) is 27.8 Å². The number of esters is 1. The first-order valence-electron chi connectivity index (χ1n) is 13.0. The van der Waals surface area contributed by atoms with Gasteiger partial charge < -0.3 is 4.74 Å². The summed E-state index contributed by atoms with van der Waals surface area (Å²) in [4.78, 5) is 26.5. The third-order valence-electron chi connectivity index (χ3n) is 7.10. The van der Waals surface area contributed by atoms with Gasteiger partial charge in [-0.3, -0.25) is 9.59 Å². The van der Waals surface area contributed by atoms with Gasteiger partial charge in [0.25, 0.3) is 0 Å². The van der Waals surface area contributed by atoms with Crippen molar-refractivity contribution in [3.63, 3.8) is 0 Å². The number of halogens is 3. The van der Waals surface area contributed by atoms with Gasteiger partial charge >= 0.3 is 5.97 Å². The number of ketones is 1. The minimum Gasteiger partial charge on any atom is -0.457 e. The van der Waals surface area contributed by atoms with E-state index in [1.54, 1.807) is 48.5 Å². The highest BCUT2D eigenvalue weighted by molar-refractivity contribution is 6.31. The molecule has 0 bridgehead atoms. The van der Waals surface area contributed by atoms with Crippen LogP contribution in [0, 0.1) is 0 Å². The maximum Gasteiger partial charge on any atom is 0.307 e. The number of carbonyl (C=O) groups excluding carboxylic acids is 2. The van der Waals surface area contributed by atoms with Crippen molar-refractivity contribution in [2.75, 3.05) is 6.61 Å². The topological polar surface area (TPSA) is 43.4 Å². The molecule has 5 aromatic carbocycles. The van der Waals surface area contributed by atoms with Crippen molar-refractivity contribution in [3.8, 4) is 11.1 Å². The maximum absolute atomic E-state index is 13.5. The summed E-state index contributed by atoms with van der Waals surface area (Å²) in [6, 6.07) is 39.2. The second kappa shape index (κ2) is 12.7. The standard InChI is InChI=1S/C35H25Cl3O3/c36-30-16-10-27(11-17-30)35(28-12-18-31(37)19-13-28,29-14-20-32(38)21-15-29)22-34(40)41-23-33(39)26-8-6-25(7-9-26)24-4-2-1-3-5-24/h1-21H,22-23H2. The predicted molar refractivity (Wildman–Crippen MR) is 166 cm³/mol. The minimum absolute atomic E-state index is 0.0713. The third-order valence-corrected chi connectivity index (χ3v) is 7.85. The molecular weight excluding hydrogens is 575 g/mol. The van der Waals surface area contributed by atoms with Gasteiger partial charge in [-0.1, -0.05) is 126 Å². The summed E-state index contributed by atoms with van der Waals surface area (Å²) in [6.45, 7) is -0.374. The fraction of sp³-hybridized carbons (Fsp3) is 0.0857. The van der Waals surface area contributed by atoms with E-state index in [1.165, 1.54) is 0 Å². The van der Waals surface area contributed by atoms with E-state index in [9.17, 15) is 9.59 Å². The van der Waals surface area contributed by atoms with E-state index in [-0.39, 0.29) is 18.8 Å². The molecule has 0 atom stereocenters. The highest BCUT2D eigenvalue weighted by Gasteiger charge is 2.39. The van der Waals surface area contributed by atoms with Gasteiger partial charge in [0, 0.05) is 20.6 Å². The molecule has 0 amide bonds. The Balaban J connectivity index is 1.43. The quantitative estimate of drug-likeness (QED) is 0.0963. The number of hydrogen-bond acceptors (Lipinski definition) is 3. The van der Waals surface area contributed by atoms with E-state index in [2.05, 4.69) is 0 Å². The smallest absolute Gasteiger partial charge is 0.307 e. The summed E-state index contributed by atoms with van der Waals surface area (Å²) in [7, 11) is 0. The van der Waals surface area contributed by atoms with Crippen LogP contribution in [0.15, 0.2) is 127 Å². The van der Waals surface area contributed by atoms with E-state index >= 15 is 0 Å². The van der Waals surface area contributed by atoms with Crippen LogP contribution in [0.4, 0.5) is 0 Å². The molecule has 0 unspecified atom stereocenters. The monoisotopic (exact) mass is 598 g/mol. The normalized spacial score (nSPS) is 11.2. The van der Waals surface area contributed by atoms with Crippen LogP contribution in [0.3, 0.4) is 0 Å². The molecule has 5 aromatic rings. The second-order valence-electron chi connectivity index (χ2n) is 9.63. The van der Waals surface area contributed by atoms with Gasteiger partial charge in [0.05, 0.1) is 11.8 Å². The first-order valence-corrected chi connectivity index (χ1v) is 14.1. The van der Waals surface area contributed by atoms with Gasteiger partial charge in [0.2, 0.25) is 0 Å². The molecule has 0 aliphatic heterocycles. The fourth-order valence-electron chi connectivity index (χ4n) is 4.99. The Morgan fingerprint density at radius 3 is 1.39 bits per heavy atom. The second-order valence-corrected chi connectivity index (χ2v) is 10.9. The summed E-state index contributed by atoms with van der Waals surface area (Å²) in [5.41, 5.74) is 4.04. The average Bonchev–Trinajstić information content (AvgIpc) is 3.00. The van der Waals surface area contributed by atoms with Gasteiger partial charge in [0.15, 0.2) is 12.4 Å². The zero-order valence-electron chi connectivity index (χ0n) is 21.9. The lowest BCUT2D eigenvalue weighted by Gasteiger charge is -2.35. The lowest BCUT2D eigenvalue weighted by Crippen LogP contribution is -2.33. The van der Waals surface area contributed by atoms with Crippen molar-refractivity contribution in [2.45, 2.75) is 11.8 Å². The molecule has 0 fully saturated rings. The van der Waals surface area contributed by atoms with E-state index < -0.39 is 11.4 Å². The van der Waals surface area contributed by atoms with Crippen LogP contribution in [0.5, 0.6) is 0 Å². The summed E-state index contributed by atoms with van der Waals surface area (Å²) in [5.74, 6) is -0.813. The lowest BCUT2D eigenvalue weighted by molar-refractivity contribution is -0.143. The zero-order chi connectivity index (χ0) is 28.8. The molecule has 5 rings (SSSR count). The van der Waals surface area contributed by atoms with Gasteiger partial charge in [-0.05, 0) is 64.2 Å². The third kappa shape index (κ3) is 6.55. The van der Waals surface area contributed by atoms with Crippen LogP contribution >= 0.6 is 34.8 Å². The van der Waals surface area contributed by atoms with Crippen LogP contribution < -0.4 is 0 Å². The summed E-state index contributed by atoms with van der Waals surface area (Å²) in [6.07, 6.45) is -0.0713. The zero-order valence-corrected chi connectivity index (χ0v) is 24.2. The number of carbonyl (C=O) groups is 2. The van der Waals surface area contributed by atoms with Crippen molar-refractivity contribution in [3.05, 3.63) is 165 Å². The first-order chi connectivity index (χ1) is 19.8. The predicted octanol–water partition coefficient (Wildman–Crippen LogP) is 9.46. The van der Waals surface area contributed by atoms with Gasteiger partial charge in [-0.15, -0.1) is 0 Å². The van der Waals surface area contributed by atoms with Gasteiger partial charge in [0.1, 0.15) is 0 Å². The molecule has 0 aliphatic rings. The number of rotatable bonds is 9. The first kappa shape index (κ1) is 28.6. The molecule has 41 heavy (non-hydrogen) atoms. The van der Waals surface area contributed by atoms with E-state index in [0.29, 0.717) is 20.6 Å². The molecule has 3 nitrogen and oxygen atoms in total. The largest absolute Gasteiger partial charge is 0.457 e. The van der Waals surface area contributed by atoms with Crippen molar-refractivity contribution in [1.82, 2.24) is 0 Å². The molecule has 0 aliphatic carbocycles. The highest BCUT2D eigenvalue weighted by atomic mass is 35.5. The molecule has 0 heterocycles. The van der Waals surface area contributed by atoms with Crippen LogP contribution in [0.2, 0.25) is 15.1 Å². The molecule has 0 saturated heterocycles. The summed E-state index contributed by atoms with van der Waals surface area (Å²) in [5, 5.41) is 1.71. The molecule has 0 radical (unpaired) electrons. The lowest BCUT2D eigenvalue weighted by atomic mass is 9.67. The molecule has 0 spiro atoms. The Hall–Kier alpha value is -3.89. The number of ether oxygens (including phenoxy) is 1. The van der Waals surface area contributed by atoms with Crippen molar-refractivity contribution in [1.29, 1.82) is 0 Å². The molecule has 0 aromatic heterocycles. The Kier molecular flexibility index (Phi) is 8.90. The Bertz CT molecular complexity index is 1520. The Morgan fingerprint density at radius 2 is 0.951 bits per heavy atom. The Labute approximate surface area is 254 Å². The molecule has 6 heteroatoms. The number of benzene rings is 5. The molecule has 0 N–H and O–H groups in total. The van der Waals surface area contributed by atoms with Crippen molar-refractivity contribution in [2.24, 2.45) is 0 Å². The molecule has 0 saturated carbocycles.